The van der Waals surface area contributed by atoms with Gasteiger partial charge in [0.25, 0.3) is 5.91 Å². The lowest BCUT2D eigenvalue weighted by molar-refractivity contribution is -0.154. The fourth-order valence-electron chi connectivity index (χ4n) is 9.52. The second-order valence-electron chi connectivity index (χ2n) is 21.7. The highest BCUT2D eigenvalue weighted by Crippen LogP contribution is 2.44. The molecule has 0 saturated heterocycles. The van der Waals surface area contributed by atoms with Crippen molar-refractivity contribution in [1.82, 2.24) is 25.8 Å². The monoisotopic (exact) mass is 1130 g/mol. The lowest BCUT2D eigenvalue weighted by Crippen LogP contribution is -2.57. The summed E-state index contributed by atoms with van der Waals surface area (Å²) in [6.07, 6.45) is 6.00. The number of carbonyl (C=O) groups excluding carboxylic acids is 6. The molecule has 17 nitrogen and oxygen atoms in total. The van der Waals surface area contributed by atoms with E-state index in [4.69, 9.17) is 31.5 Å². The number of carboxylic acid groups (broad SMARTS) is 1. The van der Waals surface area contributed by atoms with E-state index in [-0.39, 0.29) is 68.4 Å². The minimum absolute atomic E-state index is 0.0213. The number of aliphatic carboxylic acids is 1. The normalized spacial score (nSPS) is 15.7. The smallest absolute Gasteiger partial charge is 0.407 e. The average Bonchev–Trinajstić information content (AvgIpc) is 3.77. The number of alkyl carbamates (subject to hydrolysis) is 1. The molecule has 0 aliphatic heterocycles. The summed E-state index contributed by atoms with van der Waals surface area (Å²) in [4.78, 5) is 98.5. The second kappa shape index (κ2) is 32.6. The first-order valence-corrected chi connectivity index (χ1v) is 28.4. The minimum Gasteiger partial charge on any atom is -0.480 e. The number of allylic oxidation sites excluding steroid dienone is 2. The summed E-state index contributed by atoms with van der Waals surface area (Å²) in [5.41, 5.74) is 11.4. The third-order valence-corrected chi connectivity index (χ3v) is 15.1. The van der Waals surface area contributed by atoms with Gasteiger partial charge in [-0.3, -0.25) is 19.2 Å². The molecule has 0 fully saturated rings. The standard InChI is InChI=1S/C62H87ClN6O11/c1-12-21-53(79-43(9)42(8)64)40(6)22-20-23-41(7)61(76)80-54(34-38(3)4)57(71)66-51(28-18-19-33-65-62(77)78-37-50-48-26-16-14-24-46(48)47-25-15-17-27-49(47)50)58(72)69(11)52(35-44-29-31-45(63)32-30-44)59(73)68(10)36-55(70)67-56(60(74)75)39(5)13-2/h12,14-17,21,23-27,29-32,38-40,42-43,50-54,56H,13,18-20,22,28,33-37,64H2,1-11H3,(H,65,77)(H,66,71)(H,67,70)(H,74,75)/b21-12+,41-23+/t39?,40-,42+,43?,51?,52+,53+,54+,56-/m0/s1. The van der Waals surface area contributed by atoms with Crippen LogP contribution in [-0.4, -0.2) is 133 Å². The van der Waals surface area contributed by atoms with Gasteiger partial charge in [-0.25, -0.2) is 14.4 Å². The third-order valence-electron chi connectivity index (χ3n) is 14.8. The maximum atomic E-state index is 15.0. The zero-order valence-corrected chi connectivity index (χ0v) is 49.4. The Morgan fingerprint density at radius 1 is 0.825 bits per heavy atom. The molecule has 1 aliphatic carbocycles. The molecule has 0 radical (unpaired) electrons. The number of amides is 5. The van der Waals surface area contributed by atoms with Crippen molar-refractivity contribution in [3.8, 4) is 11.1 Å². The lowest BCUT2D eigenvalue weighted by atomic mass is 9.97. The van der Waals surface area contributed by atoms with E-state index in [1.54, 1.807) is 51.1 Å². The summed E-state index contributed by atoms with van der Waals surface area (Å²) in [5, 5.41) is 18.5. The molecule has 0 saturated carbocycles. The van der Waals surface area contributed by atoms with E-state index in [0.717, 1.165) is 27.2 Å². The van der Waals surface area contributed by atoms with E-state index in [1.165, 1.54) is 19.0 Å². The molecule has 0 bridgehead atoms. The highest BCUT2D eigenvalue weighted by atomic mass is 35.5. The maximum Gasteiger partial charge on any atom is 0.407 e. The first kappa shape index (κ1) is 66.0. The van der Waals surface area contributed by atoms with Crippen LogP contribution in [0.1, 0.15) is 130 Å². The number of esters is 1. The minimum atomic E-state index is -1.30. The SMILES string of the molecule is C/C=C/[C@@H](OC(C)[C@@H](C)N)[C@@H](C)CC/C=C(\C)C(=O)O[C@H](CC(C)C)C(=O)NC(CCCCNC(=O)OCC1c2ccccc2-c2ccccc21)C(=O)N(C)[C@H](Cc1ccc(Cl)cc1)C(=O)N(C)CC(=O)N[C@H](C(=O)O)C(C)CC. The summed E-state index contributed by atoms with van der Waals surface area (Å²) in [7, 11) is 2.82. The molecule has 0 spiro atoms. The molecule has 9 atom stereocenters. The van der Waals surface area contributed by atoms with Gasteiger partial charge in [-0.2, -0.15) is 0 Å². The van der Waals surface area contributed by atoms with Crippen molar-refractivity contribution in [2.24, 2.45) is 23.5 Å². The molecule has 0 aromatic heterocycles. The van der Waals surface area contributed by atoms with Gasteiger partial charge < -0.3 is 50.8 Å². The van der Waals surface area contributed by atoms with Crippen molar-refractivity contribution in [2.75, 3.05) is 33.8 Å². The number of benzene rings is 3. The molecule has 80 heavy (non-hydrogen) atoms. The number of hydrogen-bond donors (Lipinski definition) is 5. The van der Waals surface area contributed by atoms with Crippen LogP contribution in [0.5, 0.6) is 0 Å². The Kier molecular flexibility index (Phi) is 26.9. The third kappa shape index (κ3) is 19.9. The van der Waals surface area contributed by atoms with Crippen molar-refractivity contribution in [2.45, 2.75) is 162 Å². The molecular formula is C62H87ClN6O11. The number of likely N-dealkylation sites (N-methyl/N-ethyl adjacent to an activating group) is 2. The number of nitrogens with one attached hydrogen (secondary N) is 3. The van der Waals surface area contributed by atoms with Gasteiger partial charge in [-0.1, -0.05) is 132 Å². The van der Waals surface area contributed by atoms with Gasteiger partial charge >= 0.3 is 18.0 Å². The van der Waals surface area contributed by atoms with Crippen molar-refractivity contribution >= 4 is 53.3 Å². The molecule has 5 amide bonds. The number of fused-ring (bicyclic) bond motifs is 3. The topological polar surface area (TPSA) is 236 Å². The number of unbranched alkanes of at least 4 members (excludes halogenated alkanes) is 1. The van der Waals surface area contributed by atoms with Crippen LogP contribution in [0.4, 0.5) is 4.79 Å². The molecule has 3 aromatic carbocycles. The molecule has 6 N–H and O–H groups in total. The van der Waals surface area contributed by atoms with Gasteiger partial charge in [0.05, 0.1) is 18.8 Å². The Labute approximate surface area is 478 Å². The van der Waals surface area contributed by atoms with Crippen LogP contribution in [0.25, 0.3) is 11.1 Å². The van der Waals surface area contributed by atoms with E-state index in [1.807, 2.05) is 83.2 Å². The Morgan fingerprint density at radius 3 is 2.02 bits per heavy atom. The quantitative estimate of drug-likeness (QED) is 0.0171. The van der Waals surface area contributed by atoms with Crippen LogP contribution in [0.3, 0.4) is 0 Å². The van der Waals surface area contributed by atoms with E-state index in [2.05, 4.69) is 35.0 Å². The van der Waals surface area contributed by atoms with Crippen LogP contribution < -0.4 is 21.7 Å². The first-order valence-electron chi connectivity index (χ1n) is 28.1. The number of hydrogen-bond acceptors (Lipinski definition) is 11. The number of carboxylic acids is 1. The van der Waals surface area contributed by atoms with E-state index >= 15 is 0 Å². The fourth-order valence-corrected chi connectivity index (χ4v) is 9.64. The molecule has 4 rings (SSSR count). The first-order chi connectivity index (χ1) is 38.0. The van der Waals surface area contributed by atoms with E-state index < -0.39 is 78.4 Å². The molecule has 0 heterocycles. The number of rotatable bonds is 32. The number of nitrogens with zero attached hydrogens (tertiary/aromatic N) is 2. The van der Waals surface area contributed by atoms with Crippen LogP contribution in [-0.2, 0) is 49.4 Å². The van der Waals surface area contributed by atoms with Crippen LogP contribution in [0.15, 0.2) is 96.6 Å². The zero-order valence-electron chi connectivity index (χ0n) is 48.7. The Bertz CT molecular complexity index is 2560. The van der Waals surface area contributed by atoms with E-state index in [0.29, 0.717) is 48.3 Å². The molecule has 3 aromatic rings. The second-order valence-corrected chi connectivity index (χ2v) is 22.2. The molecule has 438 valence electrons. The fraction of sp³-hybridized carbons (Fsp3) is 0.532. The van der Waals surface area contributed by atoms with Gasteiger partial charge in [0.2, 0.25) is 17.7 Å². The predicted molar refractivity (Wildman–Crippen MR) is 312 cm³/mol. The van der Waals surface area contributed by atoms with Crippen LogP contribution >= 0.6 is 11.6 Å². The summed E-state index contributed by atoms with van der Waals surface area (Å²) < 4.78 is 17.9. The van der Waals surface area contributed by atoms with Gasteiger partial charge in [0, 0.05) is 49.6 Å². The Morgan fingerprint density at radius 2 is 1.45 bits per heavy atom. The van der Waals surface area contributed by atoms with Gasteiger partial charge in [-0.05, 0) is 124 Å². The van der Waals surface area contributed by atoms with Crippen molar-refractivity contribution < 1.29 is 52.9 Å². The van der Waals surface area contributed by atoms with E-state index in [9.17, 15) is 38.7 Å². The highest BCUT2D eigenvalue weighted by Gasteiger charge is 2.37. The number of ether oxygens (including phenoxy) is 3. The number of nitrogens with two attached hydrogens (primary N) is 1. The molecular weight excluding hydrogens is 1040 g/mol. The van der Waals surface area contributed by atoms with Crippen LogP contribution in [0, 0.1) is 17.8 Å². The Hall–Kier alpha value is -6.56. The molecule has 1 aliphatic rings. The summed E-state index contributed by atoms with van der Waals surface area (Å²) >= 11 is 6.22. The summed E-state index contributed by atoms with van der Waals surface area (Å²) in [5.74, 6) is -5.14. The van der Waals surface area contributed by atoms with Gasteiger partial charge in [0.1, 0.15) is 24.7 Å². The Balaban J connectivity index is 1.55. The molecule has 18 heteroatoms. The number of halogens is 1. The van der Waals surface area contributed by atoms with Crippen LogP contribution in [0.2, 0.25) is 5.02 Å². The van der Waals surface area contributed by atoms with Gasteiger partial charge in [-0.15, -0.1) is 0 Å². The maximum absolute atomic E-state index is 15.0. The summed E-state index contributed by atoms with van der Waals surface area (Å²) in [6.45, 7) is 16.5. The zero-order chi connectivity index (χ0) is 59.2. The van der Waals surface area contributed by atoms with Crippen molar-refractivity contribution in [1.29, 1.82) is 0 Å². The number of carbonyl (C=O) groups is 7. The lowest BCUT2D eigenvalue weighted by Gasteiger charge is -2.34. The largest absolute Gasteiger partial charge is 0.480 e. The predicted octanol–water partition coefficient (Wildman–Crippen LogP) is 8.99. The van der Waals surface area contributed by atoms with Gasteiger partial charge in [0.15, 0.2) is 6.10 Å². The molecule has 3 unspecified atom stereocenters. The summed E-state index contributed by atoms with van der Waals surface area (Å²) in [6, 6.07) is 19.0. The average molecular weight is 1130 g/mol. The van der Waals surface area contributed by atoms with Crippen molar-refractivity contribution in [3.05, 3.63) is 118 Å². The van der Waals surface area contributed by atoms with Crippen molar-refractivity contribution in [3.63, 3.8) is 0 Å². The highest BCUT2D eigenvalue weighted by molar-refractivity contribution is 6.30.